The van der Waals surface area contributed by atoms with Crippen LogP contribution in [0.4, 0.5) is 24.3 Å². The Labute approximate surface area is 217 Å². The molecule has 1 aromatic heterocycles. The number of hydrogen-bond donors (Lipinski definition) is 3. The van der Waals surface area contributed by atoms with E-state index >= 15 is 0 Å². The number of aromatic nitrogens is 1. The molecule has 12 heteroatoms. The van der Waals surface area contributed by atoms with Crippen molar-refractivity contribution in [2.75, 3.05) is 25.6 Å². The zero-order valence-corrected chi connectivity index (χ0v) is 20.6. The van der Waals surface area contributed by atoms with Gasteiger partial charge in [-0.2, -0.15) is 5.26 Å². The number of nitriles is 1. The van der Waals surface area contributed by atoms with Crippen LogP contribution in [0.1, 0.15) is 30.4 Å². The highest BCUT2D eigenvalue weighted by molar-refractivity contribution is 5.83. The van der Waals surface area contributed by atoms with Crippen molar-refractivity contribution in [3.8, 4) is 17.3 Å². The monoisotopic (exact) mass is 527 g/mol. The molecule has 1 heterocycles. The number of ether oxygens (including phenoxy) is 1. The normalized spacial score (nSPS) is 11.3. The average Bonchev–Trinajstić information content (AvgIpc) is 3.39. The van der Waals surface area contributed by atoms with Crippen LogP contribution in [0.25, 0.3) is 11.3 Å². The van der Waals surface area contributed by atoms with Gasteiger partial charge in [-0.3, -0.25) is 5.32 Å². The fourth-order valence-electron chi connectivity index (χ4n) is 3.52. The van der Waals surface area contributed by atoms with Gasteiger partial charge in [-0.05, 0) is 37.5 Å². The molecule has 0 aliphatic heterocycles. The topological polar surface area (TPSA) is 141 Å². The summed E-state index contributed by atoms with van der Waals surface area (Å²) in [5, 5.41) is 26.8. The molecule has 3 amide bonds. The third-order valence-corrected chi connectivity index (χ3v) is 5.73. The number of aliphatic hydroxyl groups is 1. The summed E-state index contributed by atoms with van der Waals surface area (Å²) in [5.41, 5.74) is 1.61. The Hall–Kier alpha value is -4.50. The molecule has 200 valence electrons. The van der Waals surface area contributed by atoms with E-state index in [2.05, 4.69) is 15.8 Å². The summed E-state index contributed by atoms with van der Waals surface area (Å²) in [6.45, 7) is -0.438. The summed E-state index contributed by atoms with van der Waals surface area (Å²) in [5.74, 6) is -2.01. The van der Waals surface area contributed by atoms with Crippen LogP contribution in [0.3, 0.4) is 0 Å². The molecule has 0 radical (unpaired) electrons. The lowest BCUT2D eigenvalue weighted by Crippen LogP contribution is -2.46. The summed E-state index contributed by atoms with van der Waals surface area (Å²) < 4.78 is 37.7. The zero-order chi connectivity index (χ0) is 27.5. The van der Waals surface area contributed by atoms with Crippen LogP contribution in [0.15, 0.2) is 53.1 Å². The van der Waals surface area contributed by atoms with Crippen molar-refractivity contribution in [2.24, 2.45) is 0 Å². The van der Waals surface area contributed by atoms with E-state index in [9.17, 15) is 18.4 Å². The third-order valence-electron chi connectivity index (χ3n) is 5.73. The van der Waals surface area contributed by atoms with Gasteiger partial charge in [0.15, 0.2) is 11.6 Å². The Morgan fingerprint density at radius 3 is 2.68 bits per heavy atom. The van der Waals surface area contributed by atoms with E-state index in [0.29, 0.717) is 36.1 Å². The molecular weight excluding hydrogens is 500 g/mol. The second-order valence-corrected chi connectivity index (χ2v) is 8.34. The van der Waals surface area contributed by atoms with E-state index in [1.807, 2.05) is 6.07 Å². The first-order valence-corrected chi connectivity index (χ1v) is 11.8. The van der Waals surface area contributed by atoms with Crippen LogP contribution >= 0.6 is 0 Å². The molecule has 0 saturated carbocycles. The van der Waals surface area contributed by atoms with Crippen molar-refractivity contribution in [3.05, 3.63) is 71.3 Å². The predicted molar refractivity (Wildman–Crippen MR) is 133 cm³/mol. The van der Waals surface area contributed by atoms with Gasteiger partial charge in [-0.1, -0.05) is 29.4 Å². The van der Waals surface area contributed by atoms with E-state index in [1.165, 1.54) is 30.1 Å². The van der Waals surface area contributed by atoms with Gasteiger partial charge in [-0.15, -0.1) is 0 Å². The zero-order valence-electron chi connectivity index (χ0n) is 20.6. The van der Waals surface area contributed by atoms with E-state index in [0.717, 1.165) is 6.07 Å². The Bertz CT molecular complexity index is 1280. The van der Waals surface area contributed by atoms with Crippen molar-refractivity contribution in [3.63, 3.8) is 0 Å². The fraction of sp³-hybridized carbons (Fsp3) is 0.308. The van der Waals surface area contributed by atoms with Crippen molar-refractivity contribution >= 4 is 18.0 Å². The molecule has 0 bridgehead atoms. The summed E-state index contributed by atoms with van der Waals surface area (Å²) >= 11 is 0. The molecule has 10 nitrogen and oxygen atoms in total. The molecule has 0 fully saturated rings. The van der Waals surface area contributed by atoms with Gasteiger partial charge in [0.1, 0.15) is 12.3 Å². The number of amides is 3. The summed E-state index contributed by atoms with van der Waals surface area (Å²) in [4.78, 5) is 26.3. The standard InChI is InChI=1S/C26H27F2N5O5/c1-33(25(35)30-15-19-5-4-7-21(27)24(19)28)20(6-2-3-12-34)16-37-26(36)31-23-13-22(32-38-23)18-10-8-17(14-29)9-11-18/h4-5,7-11,13,20,34H,2-3,6,12,15-16H2,1H3,(H,30,35)(H,31,36)/t20-/m0/s1. The number of nitrogens with zero attached hydrogens (tertiary/aromatic N) is 3. The first kappa shape index (κ1) is 28.1. The number of likely N-dealkylation sites (N-methyl/N-ethyl adjacent to an activating group) is 1. The van der Waals surface area contributed by atoms with Crippen LogP contribution in [0.2, 0.25) is 0 Å². The van der Waals surface area contributed by atoms with E-state index in [-0.39, 0.29) is 31.2 Å². The van der Waals surface area contributed by atoms with E-state index in [4.69, 9.17) is 19.6 Å². The highest BCUT2D eigenvalue weighted by atomic mass is 19.2. The van der Waals surface area contributed by atoms with Crippen LogP contribution in [0.5, 0.6) is 0 Å². The molecular formula is C26H27F2N5O5. The van der Waals surface area contributed by atoms with Gasteiger partial charge in [0, 0.05) is 37.4 Å². The van der Waals surface area contributed by atoms with Crippen LogP contribution in [0, 0.1) is 23.0 Å². The molecule has 3 aromatic rings. The predicted octanol–water partition coefficient (Wildman–Crippen LogP) is 4.41. The molecule has 1 atom stereocenters. The summed E-state index contributed by atoms with van der Waals surface area (Å²) in [6.07, 6.45) is 0.619. The highest BCUT2D eigenvalue weighted by Crippen LogP contribution is 2.22. The number of aliphatic hydroxyl groups excluding tert-OH is 1. The number of hydrogen-bond acceptors (Lipinski definition) is 7. The van der Waals surface area contributed by atoms with Gasteiger partial charge >= 0.3 is 12.1 Å². The maximum Gasteiger partial charge on any atom is 0.414 e. The lowest BCUT2D eigenvalue weighted by molar-refractivity contribution is 0.111. The second kappa shape index (κ2) is 13.7. The number of rotatable bonds is 11. The third kappa shape index (κ3) is 7.75. The smallest absolute Gasteiger partial charge is 0.414 e. The fourth-order valence-corrected chi connectivity index (χ4v) is 3.52. The number of benzene rings is 2. The van der Waals surface area contributed by atoms with Crippen LogP contribution in [-0.2, 0) is 11.3 Å². The molecule has 38 heavy (non-hydrogen) atoms. The second-order valence-electron chi connectivity index (χ2n) is 8.34. The van der Waals surface area contributed by atoms with Gasteiger partial charge in [0.25, 0.3) is 0 Å². The minimum absolute atomic E-state index is 0.00774. The Balaban J connectivity index is 1.55. The number of nitrogens with one attached hydrogen (secondary N) is 2. The van der Waals surface area contributed by atoms with Crippen LogP contribution < -0.4 is 10.6 Å². The van der Waals surface area contributed by atoms with Gasteiger partial charge in [0.2, 0.25) is 5.88 Å². The van der Waals surface area contributed by atoms with Crippen molar-refractivity contribution in [2.45, 2.75) is 31.8 Å². The van der Waals surface area contributed by atoms with Crippen molar-refractivity contribution in [1.29, 1.82) is 5.26 Å². The number of carbonyl (C=O) groups excluding carboxylic acids is 2. The SMILES string of the molecule is CN(C(=O)NCc1cccc(F)c1F)[C@@H](CCCCO)COC(=O)Nc1cc(-c2ccc(C#N)cc2)no1. The van der Waals surface area contributed by atoms with Crippen molar-refractivity contribution in [1.82, 2.24) is 15.4 Å². The molecule has 0 spiro atoms. The maximum atomic E-state index is 13.9. The molecule has 3 N–H and O–H groups in total. The lowest BCUT2D eigenvalue weighted by Gasteiger charge is -2.28. The maximum absolute atomic E-state index is 13.9. The first-order valence-electron chi connectivity index (χ1n) is 11.8. The number of halogens is 2. The largest absolute Gasteiger partial charge is 0.447 e. The quantitative estimate of drug-likeness (QED) is 0.314. The van der Waals surface area contributed by atoms with E-state index < -0.39 is 29.8 Å². The van der Waals surface area contributed by atoms with Gasteiger partial charge in [-0.25, -0.2) is 18.4 Å². The van der Waals surface area contributed by atoms with Gasteiger partial charge in [0.05, 0.1) is 17.7 Å². The van der Waals surface area contributed by atoms with E-state index in [1.54, 1.807) is 24.3 Å². The highest BCUT2D eigenvalue weighted by Gasteiger charge is 2.22. The molecule has 0 saturated heterocycles. The molecule has 0 unspecified atom stereocenters. The summed E-state index contributed by atoms with van der Waals surface area (Å²) in [7, 11) is 1.49. The number of anilines is 1. The minimum Gasteiger partial charge on any atom is -0.447 e. The number of urea groups is 1. The molecule has 2 aromatic carbocycles. The number of unbranched alkanes of at least 4 members (excludes halogenated alkanes) is 1. The Morgan fingerprint density at radius 1 is 1.21 bits per heavy atom. The van der Waals surface area contributed by atoms with Crippen molar-refractivity contribution < 1.29 is 32.7 Å². The lowest BCUT2D eigenvalue weighted by atomic mass is 10.1. The summed E-state index contributed by atoms with van der Waals surface area (Å²) in [6, 6.07) is 12.7. The molecule has 0 aliphatic rings. The average molecular weight is 528 g/mol. The molecule has 0 aliphatic carbocycles. The first-order chi connectivity index (χ1) is 18.3. The molecule has 3 rings (SSSR count). The Kier molecular flexibility index (Phi) is 10.1. The van der Waals surface area contributed by atoms with Crippen LogP contribution in [-0.4, -0.2) is 53.6 Å². The minimum atomic E-state index is -1.04. The van der Waals surface area contributed by atoms with Gasteiger partial charge < -0.3 is 24.6 Å². The Morgan fingerprint density at radius 2 is 1.97 bits per heavy atom. The number of carbonyl (C=O) groups is 2.